The van der Waals surface area contributed by atoms with Crippen molar-refractivity contribution < 1.29 is 43.6 Å². The first kappa shape index (κ1) is 38.3. The molecule has 16 heteroatoms. The molecule has 2 atom stereocenters. The summed E-state index contributed by atoms with van der Waals surface area (Å²) in [4.78, 5) is 67.1. The molecule has 2 aromatic carbocycles. The lowest BCUT2D eigenvalue weighted by Gasteiger charge is -2.19. The minimum atomic E-state index is -1.08. The van der Waals surface area contributed by atoms with E-state index in [2.05, 4.69) is 15.3 Å². The van der Waals surface area contributed by atoms with E-state index in [9.17, 15) is 24.0 Å². The molecule has 5 N–H and O–H groups in total. The molecule has 272 valence electrons. The number of hydrogen-bond acceptors (Lipinski definition) is 11. The Hall–Kier alpha value is -6.55. The number of nitrogens with zero attached hydrogens (tertiary/aromatic N) is 4. The minimum Gasteiger partial charge on any atom is -0.497 e. The van der Waals surface area contributed by atoms with Crippen LogP contribution in [0.2, 0.25) is 0 Å². The second-order valence-corrected chi connectivity index (χ2v) is 11.4. The highest BCUT2D eigenvalue weighted by Gasteiger charge is 2.26. The zero-order valence-electron chi connectivity index (χ0n) is 28.8. The van der Waals surface area contributed by atoms with Crippen LogP contribution < -0.4 is 26.1 Å². The third-order valence-electron chi connectivity index (χ3n) is 7.41. The molecule has 1 amide bonds. The Kier molecular flexibility index (Phi) is 12.8. The van der Waals surface area contributed by atoms with Crippen molar-refractivity contribution in [2.45, 2.75) is 52.3 Å². The van der Waals surface area contributed by atoms with Gasteiger partial charge >= 0.3 is 17.9 Å². The van der Waals surface area contributed by atoms with Crippen molar-refractivity contribution in [2.75, 3.05) is 12.4 Å². The molecule has 0 radical (unpaired) electrons. The number of aromatic nitrogens is 4. The number of anilines is 1. The highest BCUT2D eigenvalue weighted by Crippen LogP contribution is 2.31. The van der Waals surface area contributed by atoms with Gasteiger partial charge in [0.1, 0.15) is 40.8 Å². The van der Waals surface area contributed by atoms with Gasteiger partial charge in [-0.15, -0.1) is 0 Å². The number of benzene rings is 2. The van der Waals surface area contributed by atoms with Crippen LogP contribution in [0.15, 0.2) is 83.9 Å². The molecule has 0 aliphatic carbocycles. The van der Waals surface area contributed by atoms with Gasteiger partial charge in [0.25, 0.3) is 11.5 Å². The van der Waals surface area contributed by atoms with Crippen LogP contribution in [-0.4, -0.2) is 72.6 Å². The minimum absolute atomic E-state index is 0.0691. The quantitative estimate of drug-likeness (QED) is 0.126. The Bertz CT molecular complexity index is 2100. The molecular formula is C36H38N6O10. The standard InChI is InChI=1S/C32H32N6O6.C4H6O4/c1-19(43-32(41)20(2)33)18-37-21(3)29(31(40)38(37)22-8-6-5-7-9-22)30(39)36-28-13-11-24(17-35-28)44-27-14-15-34-26-16-23(42-4)10-12-25(26)27;5-3(6)1-2-4(7)8/h5-17,19-20H,18,33H2,1-4H3,(H,35,36,39);1-2H2,(H,5,6)(H,7,8)/t19-,20+;/m1./s1. The van der Waals surface area contributed by atoms with E-state index in [1.165, 1.54) is 17.8 Å². The number of para-hydroxylation sites is 1. The number of nitrogens with one attached hydrogen (secondary N) is 1. The monoisotopic (exact) mass is 714 g/mol. The molecule has 0 unspecified atom stereocenters. The zero-order chi connectivity index (χ0) is 37.9. The third kappa shape index (κ3) is 9.79. The Balaban J connectivity index is 0.000000677. The van der Waals surface area contributed by atoms with E-state index < -0.39 is 41.5 Å². The van der Waals surface area contributed by atoms with Gasteiger partial charge in [-0.1, -0.05) is 18.2 Å². The highest BCUT2D eigenvalue weighted by molar-refractivity contribution is 6.04. The van der Waals surface area contributed by atoms with Crippen molar-refractivity contribution >= 4 is 40.5 Å². The smallest absolute Gasteiger partial charge is 0.322 e. The van der Waals surface area contributed by atoms with Crippen molar-refractivity contribution in [3.63, 3.8) is 0 Å². The third-order valence-corrected chi connectivity index (χ3v) is 7.41. The second-order valence-electron chi connectivity index (χ2n) is 11.4. The molecule has 0 fully saturated rings. The summed E-state index contributed by atoms with van der Waals surface area (Å²) in [6, 6.07) is 18.6. The van der Waals surface area contributed by atoms with Crippen LogP contribution in [0.5, 0.6) is 17.2 Å². The number of carbonyl (C=O) groups is 4. The number of fused-ring (bicyclic) bond motifs is 1. The lowest BCUT2D eigenvalue weighted by molar-refractivity contribution is -0.150. The van der Waals surface area contributed by atoms with Gasteiger partial charge in [0, 0.05) is 17.6 Å². The van der Waals surface area contributed by atoms with Crippen LogP contribution in [0.1, 0.15) is 42.7 Å². The molecule has 5 rings (SSSR count). The molecule has 0 saturated carbocycles. The zero-order valence-corrected chi connectivity index (χ0v) is 28.8. The molecule has 0 saturated heterocycles. The van der Waals surface area contributed by atoms with Gasteiger partial charge in [0.15, 0.2) is 0 Å². The topological polar surface area (TPSA) is 227 Å². The number of aliphatic carboxylic acids is 2. The lowest BCUT2D eigenvalue weighted by Crippen LogP contribution is -2.34. The fraction of sp³-hybridized carbons (Fsp3) is 0.250. The van der Waals surface area contributed by atoms with E-state index in [-0.39, 0.29) is 30.8 Å². The van der Waals surface area contributed by atoms with Gasteiger partial charge in [-0.25, -0.2) is 9.67 Å². The van der Waals surface area contributed by atoms with E-state index in [4.69, 9.17) is 30.2 Å². The second kappa shape index (κ2) is 17.4. The predicted octanol–water partition coefficient (Wildman–Crippen LogP) is 4.16. The summed E-state index contributed by atoms with van der Waals surface area (Å²) in [5.74, 6) is -1.42. The number of rotatable bonds is 13. The first-order valence-electron chi connectivity index (χ1n) is 15.9. The van der Waals surface area contributed by atoms with Crippen molar-refractivity contribution in [2.24, 2.45) is 5.73 Å². The van der Waals surface area contributed by atoms with Crippen molar-refractivity contribution in [3.8, 4) is 22.9 Å². The number of ether oxygens (including phenoxy) is 3. The first-order chi connectivity index (χ1) is 24.8. The predicted molar refractivity (Wildman–Crippen MR) is 189 cm³/mol. The maximum atomic E-state index is 13.7. The number of carboxylic acids is 2. The van der Waals surface area contributed by atoms with Gasteiger partial charge < -0.3 is 35.5 Å². The summed E-state index contributed by atoms with van der Waals surface area (Å²) in [7, 11) is 1.59. The van der Waals surface area contributed by atoms with E-state index in [0.29, 0.717) is 34.1 Å². The molecular weight excluding hydrogens is 676 g/mol. The highest BCUT2D eigenvalue weighted by atomic mass is 16.5. The van der Waals surface area contributed by atoms with E-state index in [1.807, 2.05) is 24.3 Å². The molecule has 0 bridgehead atoms. The van der Waals surface area contributed by atoms with Crippen LogP contribution in [0.4, 0.5) is 5.82 Å². The number of nitrogens with two attached hydrogens (primary N) is 1. The fourth-order valence-electron chi connectivity index (χ4n) is 4.89. The van der Waals surface area contributed by atoms with Crippen LogP contribution in [0.25, 0.3) is 16.6 Å². The number of methoxy groups -OCH3 is 1. The summed E-state index contributed by atoms with van der Waals surface area (Å²) in [5.41, 5.74) is 6.69. The van der Waals surface area contributed by atoms with E-state index >= 15 is 0 Å². The molecule has 3 heterocycles. The summed E-state index contributed by atoms with van der Waals surface area (Å²) in [6.07, 6.45) is 1.89. The van der Waals surface area contributed by atoms with Crippen LogP contribution in [-0.2, 0) is 25.7 Å². The number of pyridine rings is 2. The van der Waals surface area contributed by atoms with Crippen LogP contribution >= 0.6 is 0 Å². The normalized spacial score (nSPS) is 11.8. The molecule has 52 heavy (non-hydrogen) atoms. The Morgan fingerprint density at radius 3 is 2.19 bits per heavy atom. The largest absolute Gasteiger partial charge is 0.497 e. The van der Waals surface area contributed by atoms with E-state index in [1.54, 1.807) is 74.3 Å². The Morgan fingerprint density at radius 2 is 1.60 bits per heavy atom. The molecule has 5 aromatic rings. The van der Waals surface area contributed by atoms with Crippen LogP contribution in [0, 0.1) is 6.92 Å². The number of hydrogen-bond donors (Lipinski definition) is 4. The number of carboxylic acid groups (broad SMARTS) is 2. The molecule has 3 aromatic heterocycles. The summed E-state index contributed by atoms with van der Waals surface area (Å²) in [5, 5.41) is 19.3. The summed E-state index contributed by atoms with van der Waals surface area (Å²) < 4.78 is 19.7. The SMILES string of the molecule is COc1ccc2c(Oc3ccc(NC(=O)c4c(C)n(C[C@@H](C)OC(=O)[C@H](C)N)n(-c5ccccc5)c4=O)nc3)ccnc2c1.O=C(O)CCC(=O)O. The molecule has 0 aliphatic rings. The van der Waals surface area contributed by atoms with E-state index in [0.717, 1.165) is 5.39 Å². The maximum absolute atomic E-state index is 13.7. The van der Waals surface area contributed by atoms with Crippen molar-refractivity contribution in [1.29, 1.82) is 0 Å². The van der Waals surface area contributed by atoms with Gasteiger partial charge in [0.2, 0.25) is 0 Å². The molecule has 0 spiro atoms. The average Bonchev–Trinajstić information content (AvgIpc) is 3.36. The Labute approximate surface area is 297 Å². The first-order valence-corrected chi connectivity index (χ1v) is 15.9. The number of esters is 1. The molecule has 16 nitrogen and oxygen atoms in total. The van der Waals surface area contributed by atoms with Gasteiger partial charge in [-0.2, -0.15) is 0 Å². The summed E-state index contributed by atoms with van der Waals surface area (Å²) in [6.45, 7) is 5.00. The number of carbonyl (C=O) groups excluding carboxylic acids is 2. The average molecular weight is 715 g/mol. The van der Waals surface area contributed by atoms with Gasteiger partial charge in [0.05, 0.1) is 49.6 Å². The van der Waals surface area contributed by atoms with Crippen molar-refractivity contribution in [3.05, 3.63) is 101 Å². The van der Waals surface area contributed by atoms with Gasteiger partial charge in [-0.3, -0.25) is 33.6 Å². The molecule has 0 aliphatic heterocycles. The van der Waals surface area contributed by atoms with Crippen molar-refractivity contribution in [1.82, 2.24) is 19.3 Å². The lowest BCUT2D eigenvalue weighted by atomic mass is 10.2. The van der Waals surface area contributed by atoms with Crippen LogP contribution in [0.3, 0.4) is 0 Å². The fourth-order valence-corrected chi connectivity index (χ4v) is 4.89. The number of amides is 1. The Morgan fingerprint density at radius 1 is 0.923 bits per heavy atom. The maximum Gasteiger partial charge on any atom is 0.322 e. The van der Waals surface area contributed by atoms with Gasteiger partial charge in [-0.05, 0) is 63.2 Å². The summed E-state index contributed by atoms with van der Waals surface area (Å²) >= 11 is 0.